The summed E-state index contributed by atoms with van der Waals surface area (Å²) in [4.78, 5) is 12.7. The first-order valence-electron chi connectivity index (χ1n) is 6.03. The second-order valence-electron chi connectivity index (χ2n) is 4.69. The van der Waals surface area contributed by atoms with Crippen molar-refractivity contribution in [2.24, 2.45) is 0 Å². The van der Waals surface area contributed by atoms with Crippen molar-refractivity contribution in [3.63, 3.8) is 0 Å². The van der Waals surface area contributed by atoms with Crippen molar-refractivity contribution in [1.29, 1.82) is 0 Å². The Morgan fingerprint density at radius 1 is 1.36 bits per heavy atom. The summed E-state index contributed by atoms with van der Waals surface area (Å²) in [7, 11) is 2.37. The van der Waals surface area contributed by atoms with Crippen LogP contribution in [0.4, 0.5) is 18.9 Å². The molecule has 0 spiro atoms. The van der Waals surface area contributed by atoms with Crippen molar-refractivity contribution >= 4 is 31.3 Å². The summed E-state index contributed by atoms with van der Waals surface area (Å²) in [5, 5.41) is -1.23. The molecule has 0 bridgehead atoms. The average molecular weight is 358 g/mol. The Morgan fingerprint density at radius 2 is 2.00 bits per heavy atom. The molecule has 1 saturated heterocycles. The van der Waals surface area contributed by atoms with Crippen LogP contribution in [0.1, 0.15) is 12.0 Å². The van der Waals surface area contributed by atoms with Gasteiger partial charge in [0.2, 0.25) is 15.0 Å². The second kappa shape index (κ2) is 5.62. The van der Waals surface area contributed by atoms with Gasteiger partial charge in [0.25, 0.3) is 0 Å². The number of hydrogen-bond acceptors (Lipinski definition) is 4. The van der Waals surface area contributed by atoms with Gasteiger partial charge >= 0.3 is 6.18 Å². The lowest BCUT2D eigenvalue weighted by Crippen LogP contribution is -2.29. The normalized spacial score (nSPS) is 19.6. The lowest BCUT2D eigenvalue weighted by Gasteiger charge is -2.22. The summed E-state index contributed by atoms with van der Waals surface area (Å²) >= 11 is 0. The predicted octanol–water partition coefficient (Wildman–Crippen LogP) is 2.39. The number of nitrogens with zero attached hydrogens (tertiary/aromatic N) is 1. The minimum Gasteiger partial charge on any atom is -0.497 e. The van der Waals surface area contributed by atoms with Crippen molar-refractivity contribution in [2.45, 2.75) is 17.8 Å². The molecule has 1 unspecified atom stereocenters. The SMILES string of the molecule is COc1ccc(N2CC(S(=O)(=O)Cl)CC2=O)c(C(F)(F)F)c1. The minimum atomic E-state index is -4.72. The number of alkyl halides is 3. The molecule has 0 aromatic heterocycles. The van der Waals surface area contributed by atoms with Crippen LogP contribution in [0.15, 0.2) is 18.2 Å². The first-order chi connectivity index (χ1) is 10.0. The van der Waals surface area contributed by atoms with Crippen LogP contribution >= 0.6 is 10.7 Å². The zero-order valence-corrected chi connectivity index (χ0v) is 12.8. The molecule has 22 heavy (non-hydrogen) atoms. The molecule has 1 aromatic carbocycles. The molecule has 1 aromatic rings. The third-order valence-electron chi connectivity index (χ3n) is 3.29. The Hall–Kier alpha value is -1.48. The Balaban J connectivity index is 2.47. The first-order valence-corrected chi connectivity index (χ1v) is 8.40. The molecule has 1 amide bonds. The van der Waals surface area contributed by atoms with Crippen LogP contribution in [0.25, 0.3) is 0 Å². The summed E-state index contributed by atoms with van der Waals surface area (Å²) in [6.07, 6.45) is -5.17. The van der Waals surface area contributed by atoms with Crippen LogP contribution in [-0.4, -0.2) is 33.2 Å². The van der Waals surface area contributed by atoms with Crippen LogP contribution < -0.4 is 9.64 Å². The van der Waals surface area contributed by atoms with E-state index in [1.54, 1.807) is 0 Å². The topological polar surface area (TPSA) is 63.7 Å². The van der Waals surface area contributed by atoms with Crippen molar-refractivity contribution in [2.75, 3.05) is 18.6 Å². The maximum absolute atomic E-state index is 13.1. The quantitative estimate of drug-likeness (QED) is 0.779. The number of amides is 1. The Bertz CT molecular complexity index is 705. The summed E-state index contributed by atoms with van der Waals surface area (Å²) in [6.45, 7) is -0.417. The van der Waals surface area contributed by atoms with Crippen molar-refractivity contribution in [1.82, 2.24) is 0 Å². The number of methoxy groups -OCH3 is 1. The van der Waals surface area contributed by atoms with E-state index in [-0.39, 0.29) is 5.75 Å². The van der Waals surface area contributed by atoms with E-state index in [4.69, 9.17) is 15.4 Å². The highest BCUT2D eigenvalue weighted by Gasteiger charge is 2.42. The van der Waals surface area contributed by atoms with Crippen molar-refractivity contribution in [3.05, 3.63) is 23.8 Å². The number of anilines is 1. The third-order valence-corrected chi connectivity index (χ3v) is 5.16. The van der Waals surface area contributed by atoms with Crippen molar-refractivity contribution < 1.29 is 31.1 Å². The molecule has 2 rings (SSSR count). The number of benzene rings is 1. The monoisotopic (exact) mass is 357 g/mol. The van der Waals surface area contributed by atoms with Crippen LogP contribution in [0.5, 0.6) is 5.75 Å². The molecule has 0 N–H and O–H groups in total. The van der Waals surface area contributed by atoms with Gasteiger partial charge < -0.3 is 9.64 Å². The lowest BCUT2D eigenvalue weighted by atomic mass is 10.1. The van der Waals surface area contributed by atoms with E-state index in [1.807, 2.05) is 0 Å². The molecule has 1 atom stereocenters. The molecule has 0 saturated carbocycles. The molecule has 1 heterocycles. The van der Waals surface area contributed by atoms with E-state index in [9.17, 15) is 26.4 Å². The van der Waals surface area contributed by atoms with E-state index in [0.29, 0.717) is 0 Å². The smallest absolute Gasteiger partial charge is 0.418 e. The van der Waals surface area contributed by atoms with Gasteiger partial charge in [-0.1, -0.05) is 0 Å². The Labute approximate surface area is 129 Å². The fraction of sp³-hybridized carbons (Fsp3) is 0.417. The molecular weight excluding hydrogens is 347 g/mol. The van der Waals surface area contributed by atoms with Gasteiger partial charge in [-0.05, 0) is 18.2 Å². The lowest BCUT2D eigenvalue weighted by molar-refractivity contribution is -0.137. The number of ether oxygens (including phenoxy) is 1. The first kappa shape index (κ1) is 16.9. The molecule has 122 valence electrons. The average Bonchev–Trinajstić information content (AvgIpc) is 2.79. The zero-order valence-electron chi connectivity index (χ0n) is 11.2. The number of carbonyl (C=O) groups is 1. The largest absolute Gasteiger partial charge is 0.497 e. The minimum absolute atomic E-state index is 0.0239. The highest BCUT2D eigenvalue weighted by Crippen LogP contribution is 2.40. The fourth-order valence-corrected chi connectivity index (χ4v) is 3.23. The summed E-state index contributed by atoms with van der Waals surface area (Å²) in [6, 6.07) is 3.09. The predicted molar refractivity (Wildman–Crippen MR) is 73.5 cm³/mol. The summed E-state index contributed by atoms with van der Waals surface area (Å²) in [5.41, 5.74) is -1.49. The molecule has 10 heteroatoms. The van der Waals surface area contributed by atoms with Gasteiger partial charge in [0.15, 0.2) is 0 Å². The molecule has 1 aliphatic rings. The standard InChI is InChI=1S/C12H11ClF3NO4S/c1-21-7-2-3-10(9(4-7)12(14,15)16)17-6-8(5-11(17)18)22(13,19)20/h2-4,8H,5-6H2,1H3. The summed E-state index contributed by atoms with van der Waals surface area (Å²) in [5.74, 6) is -0.755. The fourth-order valence-electron chi connectivity index (χ4n) is 2.20. The molecule has 0 aliphatic carbocycles. The van der Waals surface area contributed by atoms with Gasteiger partial charge in [0.05, 0.1) is 18.4 Å². The Morgan fingerprint density at radius 3 is 2.45 bits per heavy atom. The van der Waals surface area contributed by atoms with Crippen LogP contribution in [-0.2, 0) is 20.0 Å². The number of halogens is 4. The Kier molecular flexibility index (Phi) is 4.31. The van der Waals surface area contributed by atoms with E-state index in [0.717, 1.165) is 17.0 Å². The van der Waals surface area contributed by atoms with Gasteiger partial charge in [0, 0.05) is 23.6 Å². The number of rotatable bonds is 3. The van der Waals surface area contributed by atoms with Gasteiger partial charge in [-0.15, -0.1) is 0 Å². The van der Waals surface area contributed by atoms with Crippen LogP contribution in [0, 0.1) is 0 Å². The number of carbonyl (C=O) groups excluding carboxylic acids is 1. The van der Waals surface area contributed by atoms with Gasteiger partial charge in [-0.2, -0.15) is 13.2 Å². The maximum atomic E-state index is 13.1. The highest BCUT2D eigenvalue weighted by atomic mass is 35.7. The van der Waals surface area contributed by atoms with E-state index < -0.39 is 50.6 Å². The third kappa shape index (κ3) is 3.30. The van der Waals surface area contributed by atoms with Crippen LogP contribution in [0.3, 0.4) is 0 Å². The van der Waals surface area contributed by atoms with Crippen molar-refractivity contribution in [3.8, 4) is 5.75 Å². The van der Waals surface area contributed by atoms with E-state index in [1.165, 1.54) is 13.2 Å². The molecular formula is C12H11ClF3NO4S. The maximum Gasteiger partial charge on any atom is 0.418 e. The molecule has 0 radical (unpaired) electrons. The highest BCUT2D eigenvalue weighted by molar-refractivity contribution is 8.14. The zero-order chi connectivity index (χ0) is 16.7. The molecule has 5 nitrogen and oxygen atoms in total. The number of hydrogen-bond donors (Lipinski definition) is 0. The van der Waals surface area contributed by atoms with Gasteiger partial charge in [0.1, 0.15) is 11.0 Å². The van der Waals surface area contributed by atoms with Crippen LogP contribution in [0.2, 0.25) is 0 Å². The second-order valence-corrected chi connectivity index (χ2v) is 7.60. The molecule has 1 aliphatic heterocycles. The van der Waals surface area contributed by atoms with E-state index >= 15 is 0 Å². The summed E-state index contributed by atoms with van der Waals surface area (Å²) < 4.78 is 66.7. The van der Waals surface area contributed by atoms with Gasteiger partial charge in [-0.3, -0.25) is 4.79 Å². The molecule has 1 fully saturated rings. The van der Waals surface area contributed by atoms with E-state index in [2.05, 4.69) is 0 Å². The van der Waals surface area contributed by atoms with Gasteiger partial charge in [-0.25, -0.2) is 8.42 Å².